The first-order valence-corrected chi connectivity index (χ1v) is 8.51. The molecule has 3 aromatic rings. The number of rotatable bonds is 4. The Morgan fingerprint density at radius 1 is 0.958 bits per heavy atom. The van der Waals surface area contributed by atoms with Gasteiger partial charge in [-0.3, -0.25) is 4.90 Å². The van der Waals surface area contributed by atoms with Crippen LogP contribution in [0.3, 0.4) is 0 Å². The number of para-hydroxylation sites is 1. The fraction of sp³-hybridized carbons (Fsp3) is 0.316. The van der Waals surface area contributed by atoms with E-state index in [1.807, 2.05) is 30.3 Å². The normalized spacial score (nSPS) is 16.4. The van der Waals surface area contributed by atoms with Crippen molar-refractivity contribution in [1.82, 2.24) is 25.1 Å². The van der Waals surface area contributed by atoms with Crippen LogP contribution in [0, 0.1) is 0 Å². The molecule has 2 aromatic carbocycles. The molecule has 4 rings (SSSR count). The van der Waals surface area contributed by atoms with E-state index in [2.05, 4.69) is 51.6 Å². The summed E-state index contributed by atoms with van der Waals surface area (Å²) in [6.45, 7) is 4.66. The van der Waals surface area contributed by atoms with E-state index in [1.54, 1.807) is 4.68 Å². The minimum absolute atomic E-state index is 0.425. The van der Waals surface area contributed by atoms with Crippen molar-refractivity contribution in [2.45, 2.75) is 25.8 Å². The smallest absolute Gasteiger partial charge is 0.187 e. The van der Waals surface area contributed by atoms with Gasteiger partial charge in [-0.05, 0) is 67.0 Å². The predicted molar refractivity (Wildman–Crippen MR) is 93.8 cm³/mol. The van der Waals surface area contributed by atoms with Crippen LogP contribution in [0.1, 0.15) is 31.4 Å². The molecule has 0 N–H and O–H groups in total. The highest BCUT2D eigenvalue weighted by atomic mass is 15.5. The standard InChI is InChI=1S/C19H21N5/c1-15(23-12-5-6-13-23)16-8-7-9-17(14-16)19-20-21-22-24(19)18-10-3-2-4-11-18/h2-4,7-11,14-15H,5-6,12-13H2,1H3/t15-/m1/s1. The first-order chi connectivity index (χ1) is 11.8. The van der Waals surface area contributed by atoms with Crippen molar-refractivity contribution in [3.8, 4) is 17.1 Å². The maximum Gasteiger partial charge on any atom is 0.187 e. The molecule has 0 spiro atoms. The molecule has 0 aliphatic carbocycles. The Morgan fingerprint density at radius 2 is 1.75 bits per heavy atom. The zero-order valence-corrected chi connectivity index (χ0v) is 13.8. The number of nitrogens with zero attached hydrogens (tertiary/aromatic N) is 5. The second-order valence-corrected chi connectivity index (χ2v) is 6.29. The highest BCUT2D eigenvalue weighted by Crippen LogP contribution is 2.28. The monoisotopic (exact) mass is 319 g/mol. The molecule has 0 bridgehead atoms. The van der Waals surface area contributed by atoms with Gasteiger partial charge in [-0.25, -0.2) is 0 Å². The largest absolute Gasteiger partial charge is 0.297 e. The fourth-order valence-corrected chi connectivity index (χ4v) is 3.39. The zero-order valence-electron chi connectivity index (χ0n) is 13.8. The molecule has 5 nitrogen and oxygen atoms in total. The van der Waals surface area contributed by atoms with Crippen LogP contribution in [0.5, 0.6) is 0 Å². The lowest BCUT2D eigenvalue weighted by Gasteiger charge is -2.24. The fourth-order valence-electron chi connectivity index (χ4n) is 3.39. The van der Waals surface area contributed by atoms with Crippen LogP contribution in [0.2, 0.25) is 0 Å². The van der Waals surface area contributed by atoms with E-state index in [1.165, 1.54) is 31.5 Å². The molecule has 0 radical (unpaired) electrons. The second kappa shape index (κ2) is 6.53. The highest BCUT2D eigenvalue weighted by molar-refractivity contribution is 5.58. The van der Waals surface area contributed by atoms with Crippen LogP contribution >= 0.6 is 0 Å². The molecular weight excluding hydrogens is 298 g/mol. The van der Waals surface area contributed by atoms with E-state index >= 15 is 0 Å². The summed E-state index contributed by atoms with van der Waals surface area (Å²) in [7, 11) is 0. The van der Waals surface area contributed by atoms with Gasteiger partial charge in [0, 0.05) is 11.6 Å². The predicted octanol–water partition coefficient (Wildman–Crippen LogP) is 3.49. The Bertz CT molecular complexity index is 805. The number of hydrogen-bond acceptors (Lipinski definition) is 4. The van der Waals surface area contributed by atoms with Crippen molar-refractivity contribution < 1.29 is 0 Å². The quantitative estimate of drug-likeness (QED) is 0.738. The molecule has 122 valence electrons. The van der Waals surface area contributed by atoms with E-state index in [0.717, 1.165) is 17.1 Å². The lowest BCUT2D eigenvalue weighted by molar-refractivity contribution is 0.263. The van der Waals surface area contributed by atoms with E-state index in [4.69, 9.17) is 0 Å². The van der Waals surface area contributed by atoms with Crippen LogP contribution in [0.4, 0.5) is 0 Å². The lowest BCUT2D eigenvalue weighted by atomic mass is 10.0. The highest BCUT2D eigenvalue weighted by Gasteiger charge is 2.20. The number of benzene rings is 2. The molecule has 1 saturated heterocycles. The van der Waals surface area contributed by atoms with Crippen LogP contribution < -0.4 is 0 Å². The summed E-state index contributed by atoms with van der Waals surface area (Å²) in [5.41, 5.74) is 3.33. The van der Waals surface area contributed by atoms with Gasteiger partial charge in [0.05, 0.1) is 5.69 Å². The Balaban J connectivity index is 1.68. The SMILES string of the molecule is C[C@H](c1cccc(-c2nnnn2-c2ccccc2)c1)N1CCCC1. The Hall–Kier alpha value is -2.53. The summed E-state index contributed by atoms with van der Waals surface area (Å²) in [5.74, 6) is 0.775. The maximum atomic E-state index is 4.25. The van der Waals surface area contributed by atoms with Crippen molar-refractivity contribution in [3.05, 3.63) is 60.2 Å². The van der Waals surface area contributed by atoms with E-state index in [9.17, 15) is 0 Å². The molecule has 1 aliphatic rings. The average molecular weight is 319 g/mol. The zero-order chi connectivity index (χ0) is 16.4. The minimum atomic E-state index is 0.425. The van der Waals surface area contributed by atoms with Gasteiger partial charge in [0.25, 0.3) is 0 Å². The third kappa shape index (κ3) is 2.83. The molecule has 0 unspecified atom stereocenters. The van der Waals surface area contributed by atoms with E-state index in [-0.39, 0.29) is 0 Å². The van der Waals surface area contributed by atoms with Crippen molar-refractivity contribution in [2.75, 3.05) is 13.1 Å². The van der Waals surface area contributed by atoms with Crippen LogP contribution in [0.15, 0.2) is 54.6 Å². The van der Waals surface area contributed by atoms with E-state index in [0.29, 0.717) is 6.04 Å². The van der Waals surface area contributed by atoms with Gasteiger partial charge in [-0.2, -0.15) is 4.68 Å². The molecule has 1 aromatic heterocycles. The van der Waals surface area contributed by atoms with Crippen LogP contribution in [0.25, 0.3) is 17.1 Å². The molecule has 0 saturated carbocycles. The topological polar surface area (TPSA) is 46.8 Å². The minimum Gasteiger partial charge on any atom is -0.297 e. The Morgan fingerprint density at radius 3 is 2.54 bits per heavy atom. The molecule has 24 heavy (non-hydrogen) atoms. The van der Waals surface area contributed by atoms with Crippen molar-refractivity contribution in [1.29, 1.82) is 0 Å². The van der Waals surface area contributed by atoms with Crippen LogP contribution in [-0.2, 0) is 0 Å². The summed E-state index contributed by atoms with van der Waals surface area (Å²) < 4.78 is 1.79. The van der Waals surface area contributed by atoms with Gasteiger partial charge >= 0.3 is 0 Å². The van der Waals surface area contributed by atoms with Crippen molar-refractivity contribution in [2.24, 2.45) is 0 Å². The summed E-state index contributed by atoms with van der Waals surface area (Å²) in [4.78, 5) is 2.54. The summed E-state index contributed by atoms with van der Waals surface area (Å²) in [6, 6.07) is 19.0. The molecular formula is C19H21N5. The van der Waals surface area contributed by atoms with Gasteiger partial charge in [-0.1, -0.05) is 36.4 Å². The van der Waals surface area contributed by atoms with Gasteiger partial charge < -0.3 is 0 Å². The second-order valence-electron chi connectivity index (χ2n) is 6.29. The molecule has 2 heterocycles. The van der Waals surface area contributed by atoms with Gasteiger partial charge in [-0.15, -0.1) is 5.10 Å². The van der Waals surface area contributed by atoms with Crippen molar-refractivity contribution in [3.63, 3.8) is 0 Å². The molecule has 5 heteroatoms. The molecule has 1 atom stereocenters. The first-order valence-electron chi connectivity index (χ1n) is 8.51. The van der Waals surface area contributed by atoms with Crippen molar-refractivity contribution >= 4 is 0 Å². The van der Waals surface area contributed by atoms with E-state index < -0.39 is 0 Å². The van der Waals surface area contributed by atoms with Gasteiger partial charge in [0.15, 0.2) is 5.82 Å². The summed E-state index contributed by atoms with van der Waals surface area (Å²) in [5, 5.41) is 12.3. The number of aromatic nitrogens is 4. The Labute approximate surface area is 141 Å². The molecule has 1 fully saturated rings. The third-order valence-corrected chi connectivity index (χ3v) is 4.79. The number of tetrazole rings is 1. The molecule has 0 amide bonds. The number of hydrogen-bond donors (Lipinski definition) is 0. The average Bonchev–Trinajstić information content (AvgIpc) is 3.34. The van der Waals surface area contributed by atoms with Crippen LogP contribution in [-0.4, -0.2) is 38.2 Å². The van der Waals surface area contributed by atoms with Gasteiger partial charge in [0.1, 0.15) is 0 Å². The third-order valence-electron chi connectivity index (χ3n) is 4.79. The number of likely N-dealkylation sites (tertiary alicyclic amines) is 1. The first kappa shape index (κ1) is 15.0. The maximum absolute atomic E-state index is 4.25. The molecule has 1 aliphatic heterocycles. The summed E-state index contributed by atoms with van der Waals surface area (Å²) in [6.07, 6.45) is 2.60. The Kier molecular flexibility index (Phi) is 4.09. The lowest BCUT2D eigenvalue weighted by Crippen LogP contribution is -2.23. The summed E-state index contributed by atoms with van der Waals surface area (Å²) >= 11 is 0. The van der Waals surface area contributed by atoms with Gasteiger partial charge in [0.2, 0.25) is 0 Å².